The molecule has 2 saturated heterocycles. The summed E-state index contributed by atoms with van der Waals surface area (Å²) < 4.78 is 2.16. The standard InChI is InChI=1S/C22H26N6O/c29-21(26-11-2-1-3-12-26)18-5-6-19-7-8-20(28(19)17-18)25-13-15-27(16-14-25)22-23-9-4-10-24-22/h4-10,17H,1-3,11-16H2. The van der Waals surface area contributed by atoms with Crippen molar-refractivity contribution in [2.75, 3.05) is 49.1 Å². The zero-order valence-electron chi connectivity index (χ0n) is 16.6. The number of aromatic nitrogens is 3. The van der Waals surface area contributed by atoms with Crippen LogP contribution in [0.5, 0.6) is 0 Å². The van der Waals surface area contributed by atoms with Gasteiger partial charge in [-0.1, -0.05) is 0 Å². The topological polar surface area (TPSA) is 57.0 Å². The molecule has 0 spiro atoms. The fourth-order valence-electron chi connectivity index (χ4n) is 4.34. The molecule has 0 bridgehead atoms. The van der Waals surface area contributed by atoms with Gasteiger partial charge in [0.2, 0.25) is 5.95 Å². The number of likely N-dealkylation sites (tertiary alicyclic amines) is 1. The maximum atomic E-state index is 12.9. The Hall–Kier alpha value is -3.09. The average molecular weight is 390 g/mol. The van der Waals surface area contributed by atoms with E-state index in [2.05, 4.69) is 42.4 Å². The molecule has 0 atom stereocenters. The summed E-state index contributed by atoms with van der Waals surface area (Å²) in [7, 11) is 0. The van der Waals surface area contributed by atoms with E-state index in [1.54, 1.807) is 12.4 Å². The average Bonchev–Trinajstić information content (AvgIpc) is 3.23. The van der Waals surface area contributed by atoms with Crippen LogP contribution in [0.4, 0.5) is 11.8 Å². The van der Waals surface area contributed by atoms with Crippen molar-refractivity contribution >= 4 is 23.2 Å². The fraction of sp³-hybridized carbons (Fsp3) is 0.409. The van der Waals surface area contributed by atoms with Gasteiger partial charge in [-0.3, -0.25) is 4.79 Å². The number of rotatable bonds is 3. The lowest BCUT2D eigenvalue weighted by Crippen LogP contribution is -2.47. The molecule has 0 radical (unpaired) electrons. The Kier molecular flexibility index (Phi) is 4.79. The van der Waals surface area contributed by atoms with Crippen LogP contribution in [0, 0.1) is 0 Å². The van der Waals surface area contributed by atoms with E-state index >= 15 is 0 Å². The second-order valence-electron chi connectivity index (χ2n) is 7.78. The van der Waals surface area contributed by atoms with Crippen LogP contribution in [-0.4, -0.2) is 64.4 Å². The predicted molar refractivity (Wildman–Crippen MR) is 114 cm³/mol. The highest BCUT2D eigenvalue weighted by Crippen LogP contribution is 2.23. The first-order chi connectivity index (χ1) is 14.3. The number of amides is 1. The Morgan fingerprint density at radius 2 is 1.48 bits per heavy atom. The lowest BCUT2D eigenvalue weighted by atomic mass is 10.1. The fourth-order valence-corrected chi connectivity index (χ4v) is 4.34. The van der Waals surface area contributed by atoms with Gasteiger partial charge in [-0.25, -0.2) is 9.97 Å². The molecule has 1 amide bonds. The largest absolute Gasteiger partial charge is 0.354 e. The number of piperazine rings is 1. The lowest BCUT2D eigenvalue weighted by molar-refractivity contribution is 0.0724. The van der Waals surface area contributed by atoms with Crippen LogP contribution >= 0.6 is 0 Å². The molecule has 2 aliphatic rings. The normalized spacial score (nSPS) is 17.7. The maximum Gasteiger partial charge on any atom is 0.255 e. The number of hydrogen-bond acceptors (Lipinski definition) is 5. The highest BCUT2D eigenvalue weighted by Gasteiger charge is 2.22. The zero-order valence-corrected chi connectivity index (χ0v) is 16.6. The molecule has 0 unspecified atom stereocenters. The van der Waals surface area contributed by atoms with E-state index in [1.165, 1.54) is 6.42 Å². The van der Waals surface area contributed by atoms with E-state index in [9.17, 15) is 4.79 Å². The van der Waals surface area contributed by atoms with Gasteiger partial charge in [0.05, 0.1) is 5.56 Å². The van der Waals surface area contributed by atoms with Crippen molar-refractivity contribution in [3.63, 3.8) is 0 Å². The maximum absolute atomic E-state index is 12.9. The van der Waals surface area contributed by atoms with Crippen molar-refractivity contribution < 1.29 is 4.79 Å². The van der Waals surface area contributed by atoms with Gasteiger partial charge in [-0.2, -0.15) is 0 Å². The summed E-state index contributed by atoms with van der Waals surface area (Å²) in [6.45, 7) is 5.30. The third kappa shape index (κ3) is 3.52. The molecule has 5 rings (SSSR count). The third-order valence-electron chi connectivity index (χ3n) is 5.96. The van der Waals surface area contributed by atoms with E-state index in [0.29, 0.717) is 0 Å². The number of pyridine rings is 1. The first-order valence-corrected chi connectivity index (χ1v) is 10.5. The van der Waals surface area contributed by atoms with Gasteiger partial charge in [0, 0.05) is 63.4 Å². The minimum atomic E-state index is 0.150. The lowest BCUT2D eigenvalue weighted by Gasteiger charge is -2.35. The van der Waals surface area contributed by atoms with Crippen molar-refractivity contribution in [2.45, 2.75) is 19.3 Å². The van der Waals surface area contributed by atoms with Crippen molar-refractivity contribution in [1.29, 1.82) is 0 Å². The minimum Gasteiger partial charge on any atom is -0.354 e. The molecule has 0 saturated carbocycles. The minimum absolute atomic E-state index is 0.150. The molecule has 2 aliphatic heterocycles. The van der Waals surface area contributed by atoms with E-state index in [1.807, 2.05) is 23.2 Å². The second kappa shape index (κ2) is 7.73. The SMILES string of the molecule is O=C(c1ccc2ccc(N3CCN(c4ncccn4)CC3)n2c1)N1CCCCC1. The van der Waals surface area contributed by atoms with Crippen molar-refractivity contribution in [3.8, 4) is 0 Å². The van der Waals surface area contributed by atoms with Crippen LogP contribution in [0.2, 0.25) is 0 Å². The number of nitrogens with zero attached hydrogens (tertiary/aromatic N) is 6. The van der Waals surface area contributed by atoms with Gasteiger partial charge in [0.15, 0.2) is 0 Å². The molecular weight excluding hydrogens is 364 g/mol. The molecule has 0 aromatic carbocycles. The van der Waals surface area contributed by atoms with E-state index in [-0.39, 0.29) is 5.91 Å². The highest BCUT2D eigenvalue weighted by atomic mass is 16.2. The van der Waals surface area contributed by atoms with Crippen molar-refractivity contribution in [1.82, 2.24) is 19.3 Å². The summed E-state index contributed by atoms with van der Waals surface area (Å²) >= 11 is 0. The predicted octanol–water partition coefficient (Wildman–Crippen LogP) is 2.68. The molecule has 3 aromatic rings. The summed E-state index contributed by atoms with van der Waals surface area (Å²) in [6.07, 6.45) is 9.03. The van der Waals surface area contributed by atoms with Crippen LogP contribution < -0.4 is 9.80 Å². The molecule has 0 aliphatic carbocycles. The molecule has 2 fully saturated rings. The highest BCUT2D eigenvalue weighted by molar-refractivity contribution is 5.94. The van der Waals surface area contributed by atoms with Crippen LogP contribution in [-0.2, 0) is 0 Å². The van der Waals surface area contributed by atoms with Gasteiger partial charge >= 0.3 is 0 Å². The number of fused-ring (bicyclic) bond motifs is 1. The first-order valence-electron chi connectivity index (χ1n) is 10.5. The smallest absolute Gasteiger partial charge is 0.255 e. The molecule has 29 heavy (non-hydrogen) atoms. The molecular formula is C22H26N6O. The third-order valence-corrected chi connectivity index (χ3v) is 5.96. The number of piperidine rings is 1. The molecule has 5 heterocycles. The van der Waals surface area contributed by atoms with Gasteiger partial charge in [-0.15, -0.1) is 0 Å². The Morgan fingerprint density at radius 3 is 2.24 bits per heavy atom. The molecule has 3 aromatic heterocycles. The summed E-state index contributed by atoms with van der Waals surface area (Å²) in [5, 5.41) is 0. The first kappa shape index (κ1) is 18.0. The quantitative estimate of drug-likeness (QED) is 0.688. The Morgan fingerprint density at radius 1 is 0.793 bits per heavy atom. The zero-order chi connectivity index (χ0) is 19.6. The molecule has 0 N–H and O–H groups in total. The van der Waals surface area contributed by atoms with Gasteiger partial charge in [-0.05, 0) is 49.6 Å². The van der Waals surface area contributed by atoms with Gasteiger partial charge < -0.3 is 19.1 Å². The summed E-state index contributed by atoms with van der Waals surface area (Å²) in [4.78, 5) is 28.2. The Bertz CT molecular complexity index is 987. The number of anilines is 2. The monoisotopic (exact) mass is 390 g/mol. The van der Waals surface area contributed by atoms with Crippen molar-refractivity contribution in [3.05, 3.63) is 54.5 Å². The molecule has 7 nitrogen and oxygen atoms in total. The van der Waals surface area contributed by atoms with E-state index in [4.69, 9.17) is 0 Å². The molecule has 150 valence electrons. The van der Waals surface area contributed by atoms with Crippen molar-refractivity contribution in [2.24, 2.45) is 0 Å². The van der Waals surface area contributed by atoms with Crippen LogP contribution in [0.3, 0.4) is 0 Å². The number of hydrogen-bond donors (Lipinski definition) is 0. The van der Waals surface area contributed by atoms with E-state index < -0.39 is 0 Å². The van der Waals surface area contributed by atoms with E-state index in [0.717, 1.165) is 75.0 Å². The Labute approximate surface area is 170 Å². The van der Waals surface area contributed by atoms with Gasteiger partial charge in [0.1, 0.15) is 5.82 Å². The Balaban J connectivity index is 1.35. The van der Waals surface area contributed by atoms with Crippen LogP contribution in [0.15, 0.2) is 48.9 Å². The van der Waals surface area contributed by atoms with Gasteiger partial charge in [0.25, 0.3) is 5.91 Å². The number of carbonyl (C=O) groups is 1. The number of carbonyl (C=O) groups excluding carboxylic acids is 1. The summed E-state index contributed by atoms with van der Waals surface area (Å²) in [5.41, 5.74) is 1.89. The molecule has 7 heteroatoms. The van der Waals surface area contributed by atoms with Crippen LogP contribution in [0.25, 0.3) is 5.52 Å². The van der Waals surface area contributed by atoms with Crippen LogP contribution in [0.1, 0.15) is 29.6 Å². The summed E-state index contributed by atoms with van der Waals surface area (Å²) in [6, 6.07) is 10.1. The summed E-state index contributed by atoms with van der Waals surface area (Å²) in [5.74, 6) is 2.08. The second-order valence-corrected chi connectivity index (χ2v) is 7.78.